The van der Waals surface area contributed by atoms with Crippen molar-refractivity contribution in [2.24, 2.45) is 0 Å². The number of nitrogens with zero attached hydrogens (tertiary/aromatic N) is 1. The second-order valence-corrected chi connectivity index (χ2v) is 5.86. The highest BCUT2D eigenvalue weighted by Crippen LogP contribution is 2.34. The summed E-state index contributed by atoms with van der Waals surface area (Å²) in [5.74, 6) is 0.810. The SMILES string of the molecule is COc1cccc([C@@H]2C[C@H](O)CN2C(=O)CCc2ccoc2)c1. The monoisotopic (exact) mass is 315 g/mol. The van der Waals surface area contributed by atoms with Crippen LogP contribution in [0.15, 0.2) is 47.3 Å². The topological polar surface area (TPSA) is 62.9 Å². The normalized spacial score (nSPS) is 20.7. The van der Waals surface area contributed by atoms with E-state index in [1.54, 1.807) is 24.5 Å². The highest BCUT2D eigenvalue weighted by atomic mass is 16.5. The summed E-state index contributed by atoms with van der Waals surface area (Å²) in [5, 5.41) is 10.0. The zero-order chi connectivity index (χ0) is 16.2. The molecular weight excluding hydrogens is 294 g/mol. The Labute approximate surface area is 135 Å². The number of furan rings is 1. The van der Waals surface area contributed by atoms with Gasteiger partial charge < -0.3 is 19.2 Å². The Morgan fingerprint density at radius 3 is 3.04 bits per heavy atom. The summed E-state index contributed by atoms with van der Waals surface area (Å²) < 4.78 is 10.3. The van der Waals surface area contributed by atoms with Crippen LogP contribution in [0.2, 0.25) is 0 Å². The average molecular weight is 315 g/mol. The first kappa shape index (κ1) is 15.6. The van der Waals surface area contributed by atoms with Crippen LogP contribution in [0.1, 0.15) is 30.0 Å². The van der Waals surface area contributed by atoms with Gasteiger partial charge in [0.1, 0.15) is 5.75 Å². The number of likely N-dealkylation sites (tertiary alicyclic amines) is 1. The van der Waals surface area contributed by atoms with Crippen molar-refractivity contribution >= 4 is 5.91 Å². The minimum atomic E-state index is -0.482. The van der Waals surface area contributed by atoms with E-state index in [0.717, 1.165) is 16.9 Å². The molecule has 1 N–H and O–H groups in total. The molecule has 1 aromatic carbocycles. The van der Waals surface area contributed by atoms with Gasteiger partial charge in [-0.3, -0.25) is 4.79 Å². The van der Waals surface area contributed by atoms with Gasteiger partial charge in [0, 0.05) is 13.0 Å². The summed E-state index contributed by atoms with van der Waals surface area (Å²) in [6.45, 7) is 0.381. The fraction of sp³-hybridized carbons (Fsp3) is 0.389. The predicted molar refractivity (Wildman–Crippen MR) is 85.1 cm³/mol. The maximum atomic E-state index is 12.6. The quantitative estimate of drug-likeness (QED) is 0.921. The van der Waals surface area contributed by atoms with E-state index in [9.17, 15) is 9.90 Å². The van der Waals surface area contributed by atoms with Crippen LogP contribution < -0.4 is 4.74 Å². The number of hydrogen-bond donors (Lipinski definition) is 1. The van der Waals surface area contributed by atoms with Crippen molar-refractivity contribution in [3.63, 3.8) is 0 Å². The van der Waals surface area contributed by atoms with E-state index in [1.807, 2.05) is 30.3 Å². The first-order valence-corrected chi connectivity index (χ1v) is 7.80. The van der Waals surface area contributed by atoms with Gasteiger partial charge >= 0.3 is 0 Å². The second kappa shape index (κ2) is 6.87. The lowest BCUT2D eigenvalue weighted by molar-refractivity contribution is -0.132. The molecule has 0 spiro atoms. The standard InChI is InChI=1S/C18H21NO4/c1-22-16-4-2-3-14(9-16)17-10-15(20)11-19(17)18(21)6-5-13-7-8-23-12-13/h2-4,7-9,12,15,17,20H,5-6,10-11H2,1H3/t15-,17-/m0/s1. The van der Waals surface area contributed by atoms with Crippen LogP contribution in [0.4, 0.5) is 0 Å². The van der Waals surface area contributed by atoms with Crippen LogP contribution in [-0.2, 0) is 11.2 Å². The molecule has 2 aromatic rings. The van der Waals surface area contributed by atoms with Crippen molar-refractivity contribution in [3.8, 4) is 5.75 Å². The van der Waals surface area contributed by atoms with Crippen LogP contribution in [-0.4, -0.2) is 35.7 Å². The predicted octanol–water partition coefficient (Wildman–Crippen LogP) is 2.56. The molecule has 1 amide bonds. The lowest BCUT2D eigenvalue weighted by Gasteiger charge is -2.25. The number of β-amino-alcohol motifs (C(OH)–C–C–N with tert-alkyl or cyclic N) is 1. The fourth-order valence-corrected chi connectivity index (χ4v) is 3.08. The molecule has 3 rings (SSSR count). The summed E-state index contributed by atoms with van der Waals surface area (Å²) in [6, 6.07) is 9.45. The van der Waals surface area contributed by atoms with Gasteiger partial charge in [-0.1, -0.05) is 12.1 Å². The number of benzene rings is 1. The number of methoxy groups -OCH3 is 1. The van der Waals surface area contributed by atoms with Crippen molar-refractivity contribution < 1.29 is 19.1 Å². The van der Waals surface area contributed by atoms with Crippen LogP contribution in [0.25, 0.3) is 0 Å². The molecule has 2 atom stereocenters. The molecule has 1 aliphatic heterocycles. The summed E-state index contributed by atoms with van der Waals surface area (Å²) in [4.78, 5) is 14.4. The third-order valence-corrected chi connectivity index (χ3v) is 4.29. The maximum absolute atomic E-state index is 12.6. The Morgan fingerprint density at radius 2 is 2.30 bits per heavy atom. The van der Waals surface area contributed by atoms with Gasteiger partial charge in [0.2, 0.25) is 5.91 Å². The molecule has 1 saturated heterocycles. The number of carbonyl (C=O) groups excluding carboxylic acids is 1. The number of aliphatic hydroxyl groups is 1. The van der Waals surface area contributed by atoms with Gasteiger partial charge in [-0.25, -0.2) is 0 Å². The lowest BCUT2D eigenvalue weighted by atomic mass is 10.0. The molecule has 122 valence electrons. The number of hydrogen-bond acceptors (Lipinski definition) is 4. The summed E-state index contributed by atoms with van der Waals surface area (Å²) >= 11 is 0. The Bertz CT molecular complexity index is 653. The second-order valence-electron chi connectivity index (χ2n) is 5.86. The van der Waals surface area contributed by atoms with Crippen molar-refractivity contribution in [3.05, 3.63) is 54.0 Å². The summed E-state index contributed by atoms with van der Waals surface area (Å²) in [6.07, 6.45) is 4.40. The van der Waals surface area contributed by atoms with E-state index in [-0.39, 0.29) is 11.9 Å². The molecule has 5 nitrogen and oxygen atoms in total. The molecule has 1 aliphatic rings. The highest BCUT2D eigenvalue weighted by molar-refractivity contribution is 5.77. The highest BCUT2D eigenvalue weighted by Gasteiger charge is 2.35. The third kappa shape index (κ3) is 3.56. The number of aliphatic hydroxyl groups excluding tert-OH is 1. The zero-order valence-electron chi connectivity index (χ0n) is 13.1. The van der Waals surface area contributed by atoms with Gasteiger partial charge in [0.25, 0.3) is 0 Å². The summed E-state index contributed by atoms with van der Waals surface area (Å²) in [7, 11) is 1.62. The van der Waals surface area contributed by atoms with E-state index < -0.39 is 6.10 Å². The van der Waals surface area contributed by atoms with Crippen LogP contribution in [0.5, 0.6) is 5.75 Å². The largest absolute Gasteiger partial charge is 0.497 e. The Kier molecular flexibility index (Phi) is 4.67. The third-order valence-electron chi connectivity index (χ3n) is 4.29. The number of rotatable bonds is 5. The maximum Gasteiger partial charge on any atom is 0.223 e. The first-order valence-electron chi connectivity index (χ1n) is 7.80. The Hall–Kier alpha value is -2.27. The summed E-state index contributed by atoms with van der Waals surface area (Å²) in [5.41, 5.74) is 2.01. The van der Waals surface area contributed by atoms with Gasteiger partial charge in [-0.05, 0) is 42.2 Å². The van der Waals surface area contributed by atoms with Gasteiger partial charge in [-0.2, -0.15) is 0 Å². The first-order chi connectivity index (χ1) is 11.2. The number of aryl methyl sites for hydroxylation is 1. The van der Waals surface area contributed by atoms with Crippen LogP contribution in [0.3, 0.4) is 0 Å². The molecule has 0 radical (unpaired) electrons. The molecule has 1 aromatic heterocycles. The van der Waals surface area contributed by atoms with Crippen LogP contribution in [0, 0.1) is 0 Å². The molecule has 1 fully saturated rings. The van der Waals surface area contributed by atoms with Crippen LogP contribution >= 0.6 is 0 Å². The minimum absolute atomic E-state index is 0.0515. The van der Waals surface area contributed by atoms with Crippen molar-refractivity contribution in [2.75, 3.05) is 13.7 Å². The molecule has 2 heterocycles. The van der Waals surface area contributed by atoms with Crippen molar-refractivity contribution in [1.82, 2.24) is 4.90 Å². The number of ether oxygens (including phenoxy) is 1. The molecule has 0 saturated carbocycles. The van der Waals surface area contributed by atoms with Crippen molar-refractivity contribution in [2.45, 2.75) is 31.4 Å². The zero-order valence-corrected chi connectivity index (χ0v) is 13.1. The lowest BCUT2D eigenvalue weighted by Crippen LogP contribution is -2.31. The van der Waals surface area contributed by atoms with E-state index in [0.29, 0.717) is 25.8 Å². The Balaban J connectivity index is 1.72. The van der Waals surface area contributed by atoms with E-state index >= 15 is 0 Å². The van der Waals surface area contributed by atoms with E-state index in [4.69, 9.17) is 9.15 Å². The smallest absolute Gasteiger partial charge is 0.223 e. The van der Waals surface area contributed by atoms with Gasteiger partial charge in [-0.15, -0.1) is 0 Å². The molecule has 0 aliphatic carbocycles. The van der Waals surface area contributed by atoms with Crippen molar-refractivity contribution in [1.29, 1.82) is 0 Å². The molecule has 0 bridgehead atoms. The fourth-order valence-electron chi connectivity index (χ4n) is 3.08. The van der Waals surface area contributed by atoms with E-state index in [2.05, 4.69) is 0 Å². The number of amides is 1. The molecule has 23 heavy (non-hydrogen) atoms. The average Bonchev–Trinajstić information content (AvgIpc) is 3.22. The van der Waals surface area contributed by atoms with Gasteiger partial charge in [0.15, 0.2) is 0 Å². The van der Waals surface area contributed by atoms with E-state index in [1.165, 1.54) is 0 Å². The minimum Gasteiger partial charge on any atom is -0.497 e. The molecule has 0 unspecified atom stereocenters. The Morgan fingerprint density at radius 1 is 1.43 bits per heavy atom. The van der Waals surface area contributed by atoms with Gasteiger partial charge in [0.05, 0.1) is 31.8 Å². The molecule has 5 heteroatoms. The number of carbonyl (C=O) groups is 1. The molecular formula is C18H21NO4.